The molecule has 2 heteroatoms. The maximum Gasteiger partial charge on any atom is 0.0591 e. The number of hydrogen-bond acceptors (Lipinski definition) is 2. The molecule has 0 radical (unpaired) electrons. The van der Waals surface area contributed by atoms with Crippen LogP contribution in [0.5, 0.6) is 0 Å². The Morgan fingerprint density at radius 3 is 2.62 bits per heavy atom. The molecule has 0 amide bonds. The largest absolute Gasteiger partial charge is 0.380 e. The molecule has 1 atom stereocenters. The summed E-state index contributed by atoms with van der Waals surface area (Å²) < 4.78 is 5.57. The average molecular weight is 221 g/mol. The van der Waals surface area contributed by atoms with Crippen molar-refractivity contribution in [1.29, 1.82) is 0 Å². The van der Waals surface area contributed by atoms with Gasteiger partial charge in [-0.15, -0.1) is 0 Å². The maximum atomic E-state index is 5.57. The monoisotopic (exact) mass is 221 g/mol. The fourth-order valence-electron chi connectivity index (χ4n) is 1.46. The van der Waals surface area contributed by atoms with Gasteiger partial charge in [0.25, 0.3) is 0 Å². The third kappa shape index (κ3) is 5.89. The van der Waals surface area contributed by atoms with E-state index >= 15 is 0 Å². The molecule has 0 fully saturated rings. The normalized spacial score (nSPS) is 12.6. The highest BCUT2D eigenvalue weighted by Crippen LogP contribution is 1.99. The zero-order valence-electron chi connectivity index (χ0n) is 10.4. The Labute approximate surface area is 99.0 Å². The summed E-state index contributed by atoms with van der Waals surface area (Å²) in [5, 5.41) is 3.41. The average Bonchev–Trinajstić information content (AvgIpc) is 2.34. The third-order valence-corrected chi connectivity index (χ3v) is 2.73. The Hall–Kier alpha value is -0.860. The Morgan fingerprint density at radius 2 is 1.94 bits per heavy atom. The van der Waals surface area contributed by atoms with Crippen LogP contribution in [0.1, 0.15) is 25.8 Å². The van der Waals surface area contributed by atoms with Crippen LogP contribution >= 0.6 is 0 Å². The van der Waals surface area contributed by atoms with Crippen molar-refractivity contribution in [2.75, 3.05) is 19.8 Å². The van der Waals surface area contributed by atoms with Gasteiger partial charge in [0.05, 0.1) is 13.2 Å². The minimum atomic E-state index is 0.595. The standard InChI is InChI=1S/C14H23NO/c1-3-13(2)15-10-12-16-11-9-14-7-5-4-6-8-14/h4-8,13,15H,3,9-12H2,1-2H3. The van der Waals surface area contributed by atoms with Crippen molar-refractivity contribution >= 4 is 0 Å². The van der Waals surface area contributed by atoms with Gasteiger partial charge in [-0.2, -0.15) is 0 Å². The summed E-state index contributed by atoms with van der Waals surface area (Å²) >= 11 is 0. The molecule has 0 aliphatic rings. The topological polar surface area (TPSA) is 21.3 Å². The molecule has 0 spiro atoms. The first-order valence-electron chi connectivity index (χ1n) is 6.18. The maximum absolute atomic E-state index is 5.57. The van der Waals surface area contributed by atoms with Crippen LogP contribution in [-0.2, 0) is 11.2 Å². The number of benzene rings is 1. The smallest absolute Gasteiger partial charge is 0.0591 e. The van der Waals surface area contributed by atoms with Crippen LogP contribution in [0.15, 0.2) is 30.3 Å². The quantitative estimate of drug-likeness (QED) is 0.681. The van der Waals surface area contributed by atoms with Crippen molar-refractivity contribution in [2.24, 2.45) is 0 Å². The minimum Gasteiger partial charge on any atom is -0.380 e. The van der Waals surface area contributed by atoms with E-state index in [-0.39, 0.29) is 0 Å². The van der Waals surface area contributed by atoms with E-state index in [0.717, 1.165) is 26.2 Å². The molecule has 1 N–H and O–H groups in total. The van der Waals surface area contributed by atoms with Gasteiger partial charge in [0.2, 0.25) is 0 Å². The zero-order chi connectivity index (χ0) is 11.6. The molecular formula is C14H23NO. The van der Waals surface area contributed by atoms with E-state index in [9.17, 15) is 0 Å². The highest BCUT2D eigenvalue weighted by atomic mass is 16.5. The van der Waals surface area contributed by atoms with Gasteiger partial charge in [-0.25, -0.2) is 0 Å². The van der Waals surface area contributed by atoms with E-state index in [1.807, 2.05) is 6.07 Å². The van der Waals surface area contributed by atoms with Gasteiger partial charge in [0.1, 0.15) is 0 Å². The lowest BCUT2D eigenvalue weighted by molar-refractivity contribution is 0.137. The molecule has 0 saturated carbocycles. The van der Waals surface area contributed by atoms with Crippen LogP contribution in [0.4, 0.5) is 0 Å². The second-order valence-electron chi connectivity index (χ2n) is 4.11. The predicted octanol–water partition coefficient (Wildman–Crippen LogP) is 2.63. The van der Waals surface area contributed by atoms with Crippen LogP contribution in [0.25, 0.3) is 0 Å². The fraction of sp³-hybridized carbons (Fsp3) is 0.571. The molecule has 1 aromatic carbocycles. The van der Waals surface area contributed by atoms with E-state index < -0.39 is 0 Å². The molecule has 1 aromatic rings. The van der Waals surface area contributed by atoms with E-state index in [1.54, 1.807) is 0 Å². The van der Waals surface area contributed by atoms with Crippen molar-refractivity contribution in [3.8, 4) is 0 Å². The van der Waals surface area contributed by atoms with Gasteiger partial charge in [-0.1, -0.05) is 37.3 Å². The van der Waals surface area contributed by atoms with Crippen LogP contribution in [0, 0.1) is 0 Å². The molecule has 2 nitrogen and oxygen atoms in total. The summed E-state index contributed by atoms with van der Waals surface area (Å²) in [6, 6.07) is 11.1. The van der Waals surface area contributed by atoms with Crippen LogP contribution in [0.3, 0.4) is 0 Å². The second-order valence-corrected chi connectivity index (χ2v) is 4.11. The number of nitrogens with one attached hydrogen (secondary N) is 1. The molecule has 0 bridgehead atoms. The Bertz CT molecular complexity index is 261. The summed E-state index contributed by atoms with van der Waals surface area (Å²) in [6.07, 6.45) is 2.17. The molecule has 16 heavy (non-hydrogen) atoms. The molecule has 0 heterocycles. The van der Waals surface area contributed by atoms with Crippen LogP contribution in [0.2, 0.25) is 0 Å². The molecule has 90 valence electrons. The summed E-state index contributed by atoms with van der Waals surface area (Å²) in [5.41, 5.74) is 1.34. The van der Waals surface area contributed by atoms with E-state index in [4.69, 9.17) is 4.74 Å². The number of hydrogen-bond donors (Lipinski definition) is 1. The van der Waals surface area contributed by atoms with Crippen molar-refractivity contribution in [1.82, 2.24) is 5.32 Å². The van der Waals surface area contributed by atoms with Crippen molar-refractivity contribution in [3.63, 3.8) is 0 Å². The number of ether oxygens (including phenoxy) is 1. The van der Waals surface area contributed by atoms with Gasteiger partial charge >= 0.3 is 0 Å². The first kappa shape index (κ1) is 13.2. The Kier molecular flexibility index (Phi) is 6.86. The van der Waals surface area contributed by atoms with Crippen LogP contribution in [-0.4, -0.2) is 25.8 Å². The highest BCUT2D eigenvalue weighted by Gasteiger charge is 1.96. The summed E-state index contributed by atoms with van der Waals surface area (Å²) in [4.78, 5) is 0. The second kappa shape index (κ2) is 8.31. The van der Waals surface area contributed by atoms with Gasteiger partial charge in [-0.05, 0) is 25.3 Å². The van der Waals surface area contributed by atoms with Gasteiger partial charge in [0.15, 0.2) is 0 Å². The zero-order valence-corrected chi connectivity index (χ0v) is 10.4. The summed E-state index contributed by atoms with van der Waals surface area (Å²) in [6.45, 7) is 6.95. The minimum absolute atomic E-state index is 0.595. The summed E-state index contributed by atoms with van der Waals surface area (Å²) in [7, 11) is 0. The molecular weight excluding hydrogens is 198 g/mol. The number of rotatable bonds is 8. The first-order chi connectivity index (χ1) is 7.83. The van der Waals surface area contributed by atoms with Gasteiger partial charge in [0, 0.05) is 12.6 Å². The molecule has 0 aromatic heterocycles. The van der Waals surface area contributed by atoms with Crippen LogP contribution < -0.4 is 5.32 Å². The lowest BCUT2D eigenvalue weighted by atomic mass is 10.2. The molecule has 1 unspecified atom stereocenters. The van der Waals surface area contributed by atoms with E-state index in [2.05, 4.69) is 43.4 Å². The highest BCUT2D eigenvalue weighted by molar-refractivity contribution is 5.14. The lowest BCUT2D eigenvalue weighted by Crippen LogP contribution is -2.28. The van der Waals surface area contributed by atoms with E-state index in [1.165, 1.54) is 12.0 Å². The van der Waals surface area contributed by atoms with Gasteiger partial charge < -0.3 is 10.1 Å². The Morgan fingerprint density at radius 1 is 1.19 bits per heavy atom. The Balaban J connectivity index is 1.96. The lowest BCUT2D eigenvalue weighted by Gasteiger charge is -2.11. The van der Waals surface area contributed by atoms with E-state index in [0.29, 0.717) is 6.04 Å². The third-order valence-electron chi connectivity index (χ3n) is 2.73. The van der Waals surface area contributed by atoms with Crippen molar-refractivity contribution in [2.45, 2.75) is 32.7 Å². The fourth-order valence-corrected chi connectivity index (χ4v) is 1.46. The SMILES string of the molecule is CCC(C)NCCOCCc1ccccc1. The van der Waals surface area contributed by atoms with Crippen molar-refractivity contribution < 1.29 is 4.74 Å². The molecule has 0 saturated heterocycles. The molecule has 0 aliphatic heterocycles. The summed E-state index contributed by atoms with van der Waals surface area (Å²) in [5.74, 6) is 0. The molecule has 0 aliphatic carbocycles. The predicted molar refractivity (Wildman–Crippen MR) is 68.7 cm³/mol. The molecule has 1 rings (SSSR count). The first-order valence-corrected chi connectivity index (χ1v) is 6.18. The van der Waals surface area contributed by atoms with Crippen molar-refractivity contribution in [3.05, 3.63) is 35.9 Å². The van der Waals surface area contributed by atoms with Gasteiger partial charge in [-0.3, -0.25) is 0 Å².